The zero-order valence-corrected chi connectivity index (χ0v) is 12.1. The predicted molar refractivity (Wildman–Crippen MR) is 78.3 cm³/mol. The van der Waals surface area contributed by atoms with E-state index in [4.69, 9.17) is 11.6 Å². The number of fused-ring (bicyclic) bond motifs is 1. The van der Waals surface area contributed by atoms with Crippen LogP contribution in [0.1, 0.15) is 22.5 Å². The molecule has 4 heteroatoms. The molecule has 0 spiro atoms. The Morgan fingerprint density at radius 1 is 1.21 bits per heavy atom. The Balaban J connectivity index is 2.22. The fourth-order valence-electron chi connectivity index (χ4n) is 2.81. The SMILES string of the molecule is Cc1cc(C)n(-c2c(Cl)ccc3c2CCNCC3)n1. The molecule has 0 radical (unpaired) electrons. The zero-order valence-electron chi connectivity index (χ0n) is 11.3. The van der Waals surface area contributed by atoms with Gasteiger partial charge in [-0.2, -0.15) is 5.10 Å². The van der Waals surface area contributed by atoms with E-state index in [1.807, 2.05) is 17.7 Å². The molecule has 0 amide bonds. The molecule has 3 rings (SSSR count). The van der Waals surface area contributed by atoms with Gasteiger partial charge in [0.25, 0.3) is 0 Å². The van der Waals surface area contributed by atoms with Crippen LogP contribution in [0.3, 0.4) is 0 Å². The van der Waals surface area contributed by atoms with Gasteiger partial charge in [-0.05, 0) is 63.0 Å². The van der Waals surface area contributed by atoms with Gasteiger partial charge >= 0.3 is 0 Å². The number of aromatic nitrogens is 2. The standard InChI is InChI=1S/C15H18ClN3/c1-10-9-11(2)19(18-10)15-13-6-8-17-7-5-12(13)3-4-14(15)16/h3-4,9,17H,5-8H2,1-2H3. The quantitative estimate of drug-likeness (QED) is 0.867. The van der Waals surface area contributed by atoms with Gasteiger partial charge in [0.15, 0.2) is 0 Å². The van der Waals surface area contributed by atoms with Gasteiger partial charge in [0.05, 0.1) is 16.4 Å². The Morgan fingerprint density at radius 3 is 2.74 bits per heavy atom. The molecular formula is C15H18ClN3. The molecule has 0 saturated heterocycles. The lowest BCUT2D eigenvalue weighted by atomic mass is 10.0. The van der Waals surface area contributed by atoms with Gasteiger partial charge in [0.2, 0.25) is 0 Å². The van der Waals surface area contributed by atoms with Gasteiger partial charge in [-0.25, -0.2) is 4.68 Å². The first-order chi connectivity index (χ1) is 9.16. The van der Waals surface area contributed by atoms with Crippen molar-refractivity contribution in [1.29, 1.82) is 0 Å². The maximum atomic E-state index is 6.45. The van der Waals surface area contributed by atoms with Crippen LogP contribution >= 0.6 is 11.6 Å². The summed E-state index contributed by atoms with van der Waals surface area (Å²) in [5.74, 6) is 0. The van der Waals surface area contributed by atoms with Crippen LogP contribution < -0.4 is 5.32 Å². The van der Waals surface area contributed by atoms with Crippen molar-refractivity contribution < 1.29 is 0 Å². The lowest BCUT2D eigenvalue weighted by molar-refractivity contribution is 0.709. The van der Waals surface area contributed by atoms with E-state index in [9.17, 15) is 0 Å². The van der Waals surface area contributed by atoms with Gasteiger partial charge in [-0.15, -0.1) is 0 Å². The van der Waals surface area contributed by atoms with Crippen molar-refractivity contribution in [1.82, 2.24) is 15.1 Å². The van der Waals surface area contributed by atoms with Gasteiger partial charge in [-0.1, -0.05) is 17.7 Å². The molecule has 1 N–H and O–H groups in total. The third-order valence-corrected chi connectivity index (χ3v) is 3.98. The second-order valence-electron chi connectivity index (χ2n) is 5.12. The summed E-state index contributed by atoms with van der Waals surface area (Å²) in [7, 11) is 0. The number of aryl methyl sites for hydroxylation is 2. The Bertz CT molecular complexity index is 616. The smallest absolute Gasteiger partial charge is 0.0870 e. The van der Waals surface area contributed by atoms with Crippen molar-refractivity contribution in [2.75, 3.05) is 13.1 Å². The average molecular weight is 276 g/mol. The molecule has 19 heavy (non-hydrogen) atoms. The number of nitrogens with zero attached hydrogens (tertiary/aromatic N) is 2. The molecule has 1 aliphatic heterocycles. The molecule has 0 bridgehead atoms. The lowest BCUT2D eigenvalue weighted by Gasteiger charge is -2.15. The van der Waals surface area contributed by atoms with Gasteiger partial charge < -0.3 is 5.32 Å². The maximum Gasteiger partial charge on any atom is 0.0870 e. The third kappa shape index (κ3) is 2.28. The van der Waals surface area contributed by atoms with Crippen LogP contribution in [0, 0.1) is 13.8 Å². The van der Waals surface area contributed by atoms with Crippen LogP contribution in [-0.2, 0) is 12.8 Å². The number of rotatable bonds is 1. The number of nitrogens with one attached hydrogen (secondary N) is 1. The van der Waals surface area contributed by atoms with E-state index in [0.29, 0.717) is 0 Å². The van der Waals surface area contributed by atoms with E-state index in [0.717, 1.165) is 48.0 Å². The average Bonchev–Trinajstić information content (AvgIpc) is 2.60. The summed E-state index contributed by atoms with van der Waals surface area (Å²) in [6, 6.07) is 6.24. The molecule has 1 aromatic carbocycles. The van der Waals surface area contributed by atoms with Crippen molar-refractivity contribution in [3.8, 4) is 5.69 Å². The van der Waals surface area contributed by atoms with Crippen LogP contribution in [-0.4, -0.2) is 22.9 Å². The molecule has 2 heterocycles. The number of hydrogen-bond donors (Lipinski definition) is 1. The summed E-state index contributed by atoms with van der Waals surface area (Å²) >= 11 is 6.45. The van der Waals surface area contributed by atoms with E-state index in [1.54, 1.807) is 0 Å². The van der Waals surface area contributed by atoms with E-state index >= 15 is 0 Å². The highest BCUT2D eigenvalue weighted by molar-refractivity contribution is 6.32. The minimum Gasteiger partial charge on any atom is -0.316 e. The van der Waals surface area contributed by atoms with Gasteiger partial charge in [0, 0.05) is 5.69 Å². The maximum absolute atomic E-state index is 6.45. The zero-order chi connectivity index (χ0) is 13.4. The van der Waals surface area contributed by atoms with E-state index in [1.165, 1.54) is 11.1 Å². The lowest BCUT2D eigenvalue weighted by Crippen LogP contribution is -2.16. The van der Waals surface area contributed by atoms with E-state index in [-0.39, 0.29) is 0 Å². The third-order valence-electron chi connectivity index (χ3n) is 3.67. The summed E-state index contributed by atoms with van der Waals surface area (Å²) in [5.41, 5.74) is 5.94. The van der Waals surface area contributed by atoms with Crippen molar-refractivity contribution in [3.05, 3.63) is 45.7 Å². The molecule has 2 aromatic rings. The first kappa shape index (κ1) is 12.7. The summed E-state index contributed by atoms with van der Waals surface area (Å²) in [5, 5.41) is 8.82. The molecule has 3 nitrogen and oxygen atoms in total. The second kappa shape index (κ2) is 4.99. The molecule has 0 unspecified atom stereocenters. The topological polar surface area (TPSA) is 29.9 Å². The first-order valence-corrected chi connectivity index (χ1v) is 7.09. The van der Waals surface area contributed by atoms with Crippen molar-refractivity contribution in [2.24, 2.45) is 0 Å². The minimum atomic E-state index is 0.784. The molecule has 100 valence electrons. The Kier molecular flexibility index (Phi) is 3.33. The molecule has 1 aliphatic rings. The molecule has 1 aromatic heterocycles. The van der Waals surface area contributed by atoms with Crippen molar-refractivity contribution >= 4 is 11.6 Å². The largest absolute Gasteiger partial charge is 0.316 e. The van der Waals surface area contributed by atoms with Crippen molar-refractivity contribution in [3.63, 3.8) is 0 Å². The highest BCUT2D eigenvalue weighted by atomic mass is 35.5. The van der Waals surface area contributed by atoms with E-state index < -0.39 is 0 Å². The predicted octanol–water partition coefficient (Wildman–Crippen LogP) is 2.83. The summed E-state index contributed by atoms with van der Waals surface area (Å²) in [4.78, 5) is 0. The summed E-state index contributed by atoms with van der Waals surface area (Å²) in [6.45, 7) is 6.12. The Labute approximate surface area is 118 Å². The van der Waals surface area contributed by atoms with Crippen LogP contribution in [0.5, 0.6) is 0 Å². The molecule has 0 saturated carbocycles. The number of hydrogen-bond acceptors (Lipinski definition) is 2. The van der Waals surface area contributed by atoms with Crippen molar-refractivity contribution in [2.45, 2.75) is 26.7 Å². The fourth-order valence-corrected chi connectivity index (χ4v) is 3.07. The van der Waals surface area contributed by atoms with Crippen LogP contribution in [0.4, 0.5) is 0 Å². The minimum absolute atomic E-state index is 0.784. The fraction of sp³-hybridized carbons (Fsp3) is 0.400. The number of benzene rings is 1. The molecule has 0 fully saturated rings. The molecule has 0 aliphatic carbocycles. The van der Waals surface area contributed by atoms with Gasteiger partial charge in [-0.3, -0.25) is 0 Å². The monoisotopic (exact) mass is 275 g/mol. The molecule has 0 atom stereocenters. The van der Waals surface area contributed by atoms with Crippen LogP contribution in [0.25, 0.3) is 5.69 Å². The second-order valence-corrected chi connectivity index (χ2v) is 5.53. The Morgan fingerprint density at radius 2 is 2.00 bits per heavy atom. The number of halogens is 1. The van der Waals surface area contributed by atoms with Crippen LogP contribution in [0.2, 0.25) is 5.02 Å². The first-order valence-electron chi connectivity index (χ1n) is 6.71. The highest BCUT2D eigenvalue weighted by Gasteiger charge is 2.18. The van der Waals surface area contributed by atoms with Gasteiger partial charge in [0.1, 0.15) is 0 Å². The van der Waals surface area contributed by atoms with E-state index in [2.05, 4.69) is 29.5 Å². The Hall–Kier alpha value is -1.32. The van der Waals surface area contributed by atoms with Crippen LogP contribution in [0.15, 0.2) is 18.2 Å². The molecular weight excluding hydrogens is 258 g/mol. The summed E-state index contributed by atoms with van der Waals surface area (Å²) in [6.07, 6.45) is 2.06. The summed E-state index contributed by atoms with van der Waals surface area (Å²) < 4.78 is 1.99. The highest BCUT2D eigenvalue weighted by Crippen LogP contribution is 2.29. The normalized spacial score (nSPS) is 15.1.